The number of carbonyl (C=O) groups excluding carboxylic acids is 1. The van der Waals surface area contributed by atoms with Gasteiger partial charge < -0.3 is 10.4 Å². The normalized spacial score (nSPS) is 10.8. The third-order valence-corrected chi connectivity index (χ3v) is 3.82. The minimum atomic E-state index is -0.0168. The van der Waals surface area contributed by atoms with Crippen molar-refractivity contribution in [3.63, 3.8) is 0 Å². The number of rotatable bonds is 6. The monoisotopic (exact) mass is 312 g/mol. The van der Waals surface area contributed by atoms with Crippen LogP contribution < -0.4 is 5.32 Å². The third kappa shape index (κ3) is 4.91. The zero-order valence-corrected chi connectivity index (χ0v) is 14.0. The van der Waals surface area contributed by atoms with Crippen molar-refractivity contribution in [3.8, 4) is 0 Å². The van der Waals surface area contributed by atoms with Crippen molar-refractivity contribution < 1.29 is 9.90 Å². The maximum atomic E-state index is 12.2. The molecule has 0 atom stereocenters. The lowest BCUT2D eigenvalue weighted by atomic mass is 10.1. The van der Waals surface area contributed by atoms with Crippen molar-refractivity contribution in [1.29, 1.82) is 0 Å². The lowest BCUT2D eigenvalue weighted by Gasteiger charge is -2.18. The van der Waals surface area contributed by atoms with E-state index in [1.54, 1.807) is 0 Å². The Bertz CT molecular complexity index is 645. The Kier molecular flexibility index (Phi) is 5.90. The van der Waals surface area contributed by atoms with Crippen LogP contribution in [0, 0.1) is 13.8 Å². The number of anilines is 1. The molecule has 0 aliphatic carbocycles. The van der Waals surface area contributed by atoms with E-state index in [-0.39, 0.29) is 12.5 Å². The fourth-order valence-electron chi connectivity index (χ4n) is 2.55. The van der Waals surface area contributed by atoms with Crippen molar-refractivity contribution in [1.82, 2.24) is 4.90 Å². The maximum Gasteiger partial charge on any atom is 0.238 e. The molecule has 2 aromatic carbocycles. The van der Waals surface area contributed by atoms with E-state index >= 15 is 0 Å². The highest BCUT2D eigenvalue weighted by molar-refractivity contribution is 5.93. The first kappa shape index (κ1) is 17.2. The van der Waals surface area contributed by atoms with Crippen LogP contribution in [0.4, 0.5) is 5.69 Å². The van der Waals surface area contributed by atoms with Gasteiger partial charge in [0.15, 0.2) is 0 Å². The molecule has 0 saturated heterocycles. The molecule has 0 aromatic heterocycles. The van der Waals surface area contributed by atoms with Crippen LogP contribution in [-0.2, 0) is 17.9 Å². The van der Waals surface area contributed by atoms with Gasteiger partial charge in [-0.15, -0.1) is 0 Å². The second kappa shape index (κ2) is 7.90. The van der Waals surface area contributed by atoms with Crippen LogP contribution in [0.5, 0.6) is 0 Å². The maximum absolute atomic E-state index is 12.2. The summed E-state index contributed by atoms with van der Waals surface area (Å²) in [5.41, 5.74) is 5.05. The van der Waals surface area contributed by atoms with Crippen LogP contribution in [0.2, 0.25) is 0 Å². The lowest BCUT2D eigenvalue weighted by Crippen LogP contribution is -2.30. The number of hydrogen-bond donors (Lipinski definition) is 2. The Balaban J connectivity index is 1.91. The number of aliphatic hydroxyl groups is 1. The number of nitrogens with zero attached hydrogens (tertiary/aromatic N) is 1. The summed E-state index contributed by atoms with van der Waals surface area (Å²) in [6, 6.07) is 13.7. The van der Waals surface area contributed by atoms with Crippen LogP contribution in [0.25, 0.3) is 0 Å². The molecule has 4 heteroatoms. The Morgan fingerprint density at radius 2 is 1.61 bits per heavy atom. The predicted octanol–water partition coefficient (Wildman–Crippen LogP) is 2.87. The van der Waals surface area contributed by atoms with Gasteiger partial charge >= 0.3 is 0 Å². The van der Waals surface area contributed by atoms with Crippen LogP contribution in [0.15, 0.2) is 42.5 Å². The third-order valence-electron chi connectivity index (χ3n) is 3.82. The summed E-state index contributed by atoms with van der Waals surface area (Å²) < 4.78 is 0. The molecule has 0 spiro atoms. The van der Waals surface area contributed by atoms with Gasteiger partial charge in [-0.1, -0.05) is 42.5 Å². The molecule has 0 radical (unpaired) electrons. The van der Waals surface area contributed by atoms with Crippen LogP contribution in [0.3, 0.4) is 0 Å². The molecule has 2 rings (SSSR count). The average Bonchev–Trinajstić information content (AvgIpc) is 2.51. The van der Waals surface area contributed by atoms with Crippen molar-refractivity contribution in [2.24, 2.45) is 0 Å². The molecule has 0 aliphatic heterocycles. The van der Waals surface area contributed by atoms with Gasteiger partial charge in [-0.05, 0) is 43.1 Å². The number of para-hydroxylation sites is 1. The number of likely N-dealkylation sites (N-methyl/N-ethyl adjacent to an activating group) is 1. The first-order valence-electron chi connectivity index (χ1n) is 7.73. The summed E-state index contributed by atoms with van der Waals surface area (Å²) in [4.78, 5) is 14.2. The summed E-state index contributed by atoms with van der Waals surface area (Å²) in [7, 11) is 1.92. The molecule has 0 fully saturated rings. The smallest absolute Gasteiger partial charge is 0.238 e. The summed E-state index contributed by atoms with van der Waals surface area (Å²) in [5.74, 6) is -0.0168. The van der Waals surface area contributed by atoms with Crippen molar-refractivity contribution >= 4 is 11.6 Å². The highest BCUT2D eigenvalue weighted by atomic mass is 16.3. The molecule has 0 saturated carbocycles. The molecule has 0 heterocycles. The van der Waals surface area contributed by atoms with E-state index in [0.717, 1.165) is 27.9 Å². The fraction of sp³-hybridized carbons (Fsp3) is 0.316. The van der Waals surface area contributed by atoms with Crippen molar-refractivity contribution in [2.75, 3.05) is 18.9 Å². The largest absolute Gasteiger partial charge is 0.392 e. The molecule has 2 N–H and O–H groups in total. The Hall–Kier alpha value is -2.17. The second-order valence-electron chi connectivity index (χ2n) is 5.96. The van der Waals surface area contributed by atoms with Crippen LogP contribution >= 0.6 is 0 Å². The first-order chi connectivity index (χ1) is 11.0. The molecule has 0 bridgehead atoms. The summed E-state index contributed by atoms with van der Waals surface area (Å²) in [6.45, 7) is 5.06. The highest BCUT2D eigenvalue weighted by Crippen LogP contribution is 2.19. The standard InChI is InChI=1S/C19H24N2O2/c1-14-5-4-6-15(2)19(14)20-18(23)12-21(3)11-16-7-9-17(13-22)10-8-16/h4-10,22H,11-13H2,1-3H3,(H,20,23). The molecule has 23 heavy (non-hydrogen) atoms. The van der Waals surface area contributed by atoms with Gasteiger partial charge in [0.1, 0.15) is 0 Å². The first-order valence-corrected chi connectivity index (χ1v) is 7.73. The van der Waals surface area contributed by atoms with Gasteiger partial charge in [0.05, 0.1) is 13.2 Å². The SMILES string of the molecule is Cc1cccc(C)c1NC(=O)CN(C)Cc1ccc(CO)cc1. The van der Waals surface area contributed by atoms with Crippen LogP contribution in [0.1, 0.15) is 22.3 Å². The topological polar surface area (TPSA) is 52.6 Å². The molecule has 2 aromatic rings. The molecule has 0 aliphatic rings. The number of nitrogens with one attached hydrogen (secondary N) is 1. The van der Waals surface area contributed by atoms with E-state index in [9.17, 15) is 4.79 Å². The molecule has 1 amide bonds. The Morgan fingerprint density at radius 3 is 2.17 bits per heavy atom. The number of carbonyl (C=O) groups is 1. The van der Waals surface area contributed by atoms with Gasteiger partial charge in [0, 0.05) is 12.2 Å². The van der Waals surface area contributed by atoms with E-state index in [0.29, 0.717) is 13.1 Å². The number of amides is 1. The molecular weight excluding hydrogens is 288 g/mol. The van der Waals surface area contributed by atoms with E-state index in [4.69, 9.17) is 5.11 Å². The van der Waals surface area contributed by atoms with Gasteiger partial charge in [-0.3, -0.25) is 9.69 Å². The second-order valence-corrected chi connectivity index (χ2v) is 5.96. The zero-order chi connectivity index (χ0) is 16.8. The number of aliphatic hydroxyl groups excluding tert-OH is 1. The number of hydrogen-bond acceptors (Lipinski definition) is 3. The Morgan fingerprint density at radius 1 is 1.04 bits per heavy atom. The van der Waals surface area contributed by atoms with Crippen molar-refractivity contribution in [2.45, 2.75) is 27.0 Å². The number of aryl methyl sites for hydroxylation is 2. The zero-order valence-electron chi connectivity index (χ0n) is 14.0. The van der Waals surface area contributed by atoms with Gasteiger partial charge in [0.25, 0.3) is 0 Å². The minimum Gasteiger partial charge on any atom is -0.392 e. The van der Waals surface area contributed by atoms with E-state index in [1.165, 1.54) is 0 Å². The van der Waals surface area contributed by atoms with Crippen molar-refractivity contribution in [3.05, 3.63) is 64.7 Å². The number of benzene rings is 2. The molecule has 122 valence electrons. The van der Waals surface area contributed by atoms with Crippen LogP contribution in [-0.4, -0.2) is 29.5 Å². The summed E-state index contributed by atoms with van der Waals surface area (Å²) >= 11 is 0. The molecule has 0 unspecified atom stereocenters. The molecule has 4 nitrogen and oxygen atoms in total. The summed E-state index contributed by atoms with van der Waals surface area (Å²) in [6.07, 6.45) is 0. The Labute approximate surface area is 137 Å². The van der Waals surface area contributed by atoms with Gasteiger partial charge in [-0.2, -0.15) is 0 Å². The minimum absolute atomic E-state index is 0.0168. The van der Waals surface area contributed by atoms with Gasteiger partial charge in [0.2, 0.25) is 5.91 Å². The average molecular weight is 312 g/mol. The summed E-state index contributed by atoms with van der Waals surface area (Å²) in [5, 5.41) is 12.1. The lowest BCUT2D eigenvalue weighted by molar-refractivity contribution is -0.117. The van der Waals surface area contributed by atoms with Gasteiger partial charge in [-0.25, -0.2) is 0 Å². The fourth-order valence-corrected chi connectivity index (χ4v) is 2.55. The van der Waals surface area contributed by atoms with E-state index in [2.05, 4.69) is 5.32 Å². The quantitative estimate of drug-likeness (QED) is 0.862. The highest BCUT2D eigenvalue weighted by Gasteiger charge is 2.10. The van der Waals surface area contributed by atoms with E-state index in [1.807, 2.05) is 68.3 Å². The van der Waals surface area contributed by atoms with E-state index < -0.39 is 0 Å². The molecular formula is C19H24N2O2. The predicted molar refractivity (Wildman–Crippen MR) is 93.2 cm³/mol.